The minimum absolute atomic E-state index is 0.458. The minimum atomic E-state index is -0.563. The number of carbonyl (C=O) groups excluding carboxylic acids is 2. The van der Waals surface area contributed by atoms with E-state index >= 15 is 0 Å². The zero-order chi connectivity index (χ0) is 13.8. The number of hydrogen-bond donors (Lipinski definition) is 2. The van der Waals surface area contributed by atoms with Crippen LogP contribution >= 0.6 is 0 Å². The predicted octanol–water partition coefficient (Wildman–Crippen LogP) is 0.674. The summed E-state index contributed by atoms with van der Waals surface area (Å²) in [6, 6.07) is 5.74. The Kier molecular flexibility index (Phi) is 4.16. The van der Waals surface area contributed by atoms with Crippen LogP contribution in [0, 0.1) is 13.8 Å². The number of amides is 2. The third-order valence-electron chi connectivity index (χ3n) is 3.08. The molecular formula is C14H19N3O2. The van der Waals surface area contributed by atoms with Gasteiger partial charge in [-0.1, -0.05) is 6.07 Å². The van der Waals surface area contributed by atoms with E-state index in [0.29, 0.717) is 18.8 Å². The zero-order valence-corrected chi connectivity index (χ0v) is 11.3. The SMILES string of the molecule is Cc1cc(C)cc(NC(=O)C(=O)N2CCNCC2)c1. The van der Waals surface area contributed by atoms with Crippen molar-refractivity contribution in [1.82, 2.24) is 10.2 Å². The fourth-order valence-electron chi connectivity index (χ4n) is 2.24. The molecule has 1 aromatic carbocycles. The van der Waals surface area contributed by atoms with E-state index in [9.17, 15) is 9.59 Å². The van der Waals surface area contributed by atoms with Gasteiger partial charge in [0, 0.05) is 31.9 Å². The Labute approximate surface area is 113 Å². The molecule has 0 spiro atoms. The summed E-state index contributed by atoms with van der Waals surface area (Å²) in [7, 11) is 0. The lowest BCUT2D eigenvalue weighted by atomic mass is 10.1. The summed E-state index contributed by atoms with van der Waals surface area (Å²) >= 11 is 0. The van der Waals surface area contributed by atoms with Gasteiger partial charge in [0.2, 0.25) is 0 Å². The first-order chi connectivity index (χ1) is 9.06. The summed E-state index contributed by atoms with van der Waals surface area (Å²) in [5.41, 5.74) is 2.79. The number of aryl methyl sites for hydroxylation is 2. The molecular weight excluding hydrogens is 242 g/mol. The Balaban J connectivity index is 2.01. The third kappa shape index (κ3) is 3.54. The number of anilines is 1. The van der Waals surface area contributed by atoms with Crippen molar-refractivity contribution < 1.29 is 9.59 Å². The molecule has 1 fully saturated rings. The normalized spacial score (nSPS) is 15.2. The predicted molar refractivity (Wildman–Crippen MR) is 74.0 cm³/mol. The third-order valence-corrected chi connectivity index (χ3v) is 3.08. The largest absolute Gasteiger partial charge is 0.332 e. The van der Waals surface area contributed by atoms with Crippen LogP contribution in [0.2, 0.25) is 0 Å². The molecule has 0 aliphatic carbocycles. The molecule has 0 bridgehead atoms. The highest BCUT2D eigenvalue weighted by Gasteiger charge is 2.23. The van der Waals surface area contributed by atoms with E-state index < -0.39 is 11.8 Å². The van der Waals surface area contributed by atoms with Gasteiger partial charge < -0.3 is 15.5 Å². The number of nitrogens with zero attached hydrogens (tertiary/aromatic N) is 1. The van der Waals surface area contributed by atoms with Crippen LogP contribution in [-0.4, -0.2) is 42.9 Å². The number of carbonyl (C=O) groups is 2. The van der Waals surface area contributed by atoms with Crippen molar-refractivity contribution in [2.24, 2.45) is 0 Å². The molecule has 0 saturated carbocycles. The fourth-order valence-corrected chi connectivity index (χ4v) is 2.24. The molecule has 1 aromatic rings. The highest BCUT2D eigenvalue weighted by molar-refractivity contribution is 6.39. The second-order valence-electron chi connectivity index (χ2n) is 4.87. The van der Waals surface area contributed by atoms with Crippen molar-refractivity contribution >= 4 is 17.5 Å². The van der Waals surface area contributed by atoms with Gasteiger partial charge in [0.1, 0.15) is 0 Å². The maximum absolute atomic E-state index is 12.0. The molecule has 0 radical (unpaired) electrons. The van der Waals surface area contributed by atoms with Crippen LogP contribution in [0.1, 0.15) is 11.1 Å². The summed E-state index contributed by atoms with van der Waals surface area (Å²) in [5.74, 6) is -1.02. The Hall–Kier alpha value is -1.88. The first kappa shape index (κ1) is 13.5. The first-order valence-corrected chi connectivity index (χ1v) is 6.45. The van der Waals surface area contributed by atoms with Crippen LogP contribution in [0.15, 0.2) is 18.2 Å². The summed E-state index contributed by atoms with van der Waals surface area (Å²) in [5, 5.41) is 5.82. The molecule has 5 nitrogen and oxygen atoms in total. The number of hydrogen-bond acceptors (Lipinski definition) is 3. The second-order valence-corrected chi connectivity index (χ2v) is 4.87. The Morgan fingerprint density at radius 3 is 2.26 bits per heavy atom. The first-order valence-electron chi connectivity index (χ1n) is 6.45. The van der Waals surface area contributed by atoms with E-state index in [2.05, 4.69) is 10.6 Å². The monoisotopic (exact) mass is 261 g/mol. The number of benzene rings is 1. The zero-order valence-electron chi connectivity index (χ0n) is 11.3. The lowest BCUT2D eigenvalue weighted by molar-refractivity contribution is -0.143. The van der Waals surface area contributed by atoms with Crippen LogP contribution in [-0.2, 0) is 9.59 Å². The molecule has 19 heavy (non-hydrogen) atoms. The fraction of sp³-hybridized carbons (Fsp3) is 0.429. The van der Waals surface area contributed by atoms with Gasteiger partial charge in [0.05, 0.1) is 0 Å². The van der Waals surface area contributed by atoms with Crippen LogP contribution < -0.4 is 10.6 Å². The smallest absolute Gasteiger partial charge is 0.313 e. The van der Waals surface area contributed by atoms with E-state index in [1.807, 2.05) is 32.0 Å². The maximum Gasteiger partial charge on any atom is 0.313 e. The van der Waals surface area contributed by atoms with E-state index in [-0.39, 0.29) is 0 Å². The van der Waals surface area contributed by atoms with Crippen molar-refractivity contribution in [1.29, 1.82) is 0 Å². The van der Waals surface area contributed by atoms with Crippen molar-refractivity contribution in [3.05, 3.63) is 29.3 Å². The van der Waals surface area contributed by atoms with Gasteiger partial charge in [0.25, 0.3) is 0 Å². The van der Waals surface area contributed by atoms with Gasteiger partial charge in [-0.3, -0.25) is 9.59 Å². The molecule has 0 aromatic heterocycles. The topological polar surface area (TPSA) is 61.4 Å². The second kappa shape index (κ2) is 5.84. The Morgan fingerprint density at radius 2 is 1.68 bits per heavy atom. The average Bonchev–Trinajstić information content (AvgIpc) is 2.37. The van der Waals surface area contributed by atoms with Gasteiger partial charge in [0.15, 0.2) is 0 Å². The highest BCUT2D eigenvalue weighted by atomic mass is 16.2. The average molecular weight is 261 g/mol. The Morgan fingerprint density at radius 1 is 1.11 bits per heavy atom. The van der Waals surface area contributed by atoms with Crippen molar-refractivity contribution in [3.63, 3.8) is 0 Å². The lowest BCUT2D eigenvalue weighted by Gasteiger charge is -2.26. The molecule has 2 N–H and O–H groups in total. The van der Waals surface area contributed by atoms with Crippen molar-refractivity contribution in [2.45, 2.75) is 13.8 Å². The molecule has 1 heterocycles. The number of piperazine rings is 1. The van der Waals surface area contributed by atoms with E-state index in [1.165, 1.54) is 0 Å². The minimum Gasteiger partial charge on any atom is -0.332 e. The van der Waals surface area contributed by atoms with E-state index in [1.54, 1.807) is 4.90 Å². The van der Waals surface area contributed by atoms with Gasteiger partial charge in [-0.2, -0.15) is 0 Å². The van der Waals surface area contributed by atoms with Crippen LogP contribution in [0.25, 0.3) is 0 Å². The van der Waals surface area contributed by atoms with Crippen molar-refractivity contribution in [2.75, 3.05) is 31.5 Å². The molecule has 2 rings (SSSR count). The Bertz CT molecular complexity index is 473. The van der Waals surface area contributed by atoms with Gasteiger partial charge in [-0.25, -0.2) is 0 Å². The molecule has 2 amide bonds. The van der Waals surface area contributed by atoms with E-state index in [4.69, 9.17) is 0 Å². The van der Waals surface area contributed by atoms with Gasteiger partial charge in [-0.15, -0.1) is 0 Å². The number of nitrogens with one attached hydrogen (secondary N) is 2. The molecule has 0 unspecified atom stereocenters. The van der Waals surface area contributed by atoms with Gasteiger partial charge in [-0.05, 0) is 37.1 Å². The van der Waals surface area contributed by atoms with Crippen LogP contribution in [0.3, 0.4) is 0 Å². The quantitative estimate of drug-likeness (QED) is 0.731. The number of rotatable bonds is 1. The van der Waals surface area contributed by atoms with E-state index in [0.717, 1.165) is 24.2 Å². The highest BCUT2D eigenvalue weighted by Crippen LogP contribution is 2.13. The molecule has 102 valence electrons. The summed E-state index contributed by atoms with van der Waals surface area (Å²) in [6.07, 6.45) is 0. The molecule has 1 saturated heterocycles. The summed E-state index contributed by atoms with van der Waals surface area (Å²) < 4.78 is 0. The molecule has 1 aliphatic heterocycles. The molecule has 0 atom stereocenters. The van der Waals surface area contributed by atoms with Crippen LogP contribution in [0.5, 0.6) is 0 Å². The van der Waals surface area contributed by atoms with Crippen LogP contribution in [0.4, 0.5) is 5.69 Å². The van der Waals surface area contributed by atoms with Gasteiger partial charge >= 0.3 is 11.8 Å². The maximum atomic E-state index is 12.0. The summed E-state index contributed by atoms with van der Waals surface area (Å²) in [6.45, 7) is 6.56. The summed E-state index contributed by atoms with van der Waals surface area (Å²) in [4.78, 5) is 25.4. The molecule has 1 aliphatic rings. The molecule has 5 heteroatoms. The lowest BCUT2D eigenvalue weighted by Crippen LogP contribution is -2.49. The standard InChI is InChI=1S/C14H19N3O2/c1-10-7-11(2)9-12(8-10)16-13(18)14(19)17-5-3-15-4-6-17/h7-9,15H,3-6H2,1-2H3,(H,16,18). The van der Waals surface area contributed by atoms with Crippen molar-refractivity contribution in [3.8, 4) is 0 Å².